The molecule has 1 N–H and O–H groups in total. The zero-order valence-corrected chi connectivity index (χ0v) is 12.2. The summed E-state index contributed by atoms with van der Waals surface area (Å²) in [6.07, 6.45) is 2.81. The Kier molecular flexibility index (Phi) is 3.60. The molecule has 0 saturated heterocycles. The Labute approximate surface area is 125 Å². The Balaban J connectivity index is 1.71. The van der Waals surface area contributed by atoms with E-state index in [2.05, 4.69) is 31.2 Å². The molecule has 0 fully saturated rings. The van der Waals surface area contributed by atoms with Gasteiger partial charge in [-0.25, -0.2) is 4.98 Å². The molecule has 0 spiro atoms. The van der Waals surface area contributed by atoms with Crippen LogP contribution in [-0.2, 0) is 6.42 Å². The van der Waals surface area contributed by atoms with E-state index in [4.69, 9.17) is 0 Å². The zero-order valence-electron chi connectivity index (χ0n) is 10.6. The lowest BCUT2D eigenvalue weighted by atomic mass is 10.1. The molecule has 0 radical (unpaired) electrons. The summed E-state index contributed by atoms with van der Waals surface area (Å²) in [5.74, 6) is -0.217. The van der Waals surface area contributed by atoms with Crippen LogP contribution in [0.4, 0.5) is 5.69 Å². The number of benzene rings is 1. The van der Waals surface area contributed by atoms with E-state index in [0.29, 0.717) is 16.3 Å². The first-order valence-electron chi connectivity index (χ1n) is 6.27. The molecule has 100 valence electrons. The number of hydrogen-bond acceptors (Lipinski definition) is 3. The van der Waals surface area contributed by atoms with Crippen molar-refractivity contribution < 1.29 is 4.79 Å². The number of nitrogens with zero attached hydrogens (tertiary/aromatic N) is 2. The maximum Gasteiger partial charge on any atom is 0.274 e. The molecule has 0 aliphatic carbocycles. The third kappa shape index (κ3) is 3.30. The fourth-order valence-electron chi connectivity index (χ4n) is 1.91. The van der Waals surface area contributed by atoms with Gasteiger partial charge in [-0.3, -0.25) is 9.79 Å². The van der Waals surface area contributed by atoms with Gasteiger partial charge >= 0.3 is 0 Å². The Bertz CT molecular complexity index is 678. The summed E-state index contributed by atoms with van der Waals surface area (Å²) >= 11 is 3.26. The van der Waals surface area contributed by atoms with E-state index in [9.17, 15) is 4.79 Å². The number of carbonyl (C=O) groups excluding carboxylic acids is 1. The Morgan fingerprint density at radius 1 is 1.25 bits per heavy atom. The molecule has 1 amide bonds. The average molecular weight is 330 g/mol. The number of amides is 1. The predicted molar refractivity (Wildman–Crippen MR) is 82.3 cm³/mol. The van der Waals surface area contributed by atoms with E-state index in [-0.39, 0.29) is 5.91 Å². The summed E-state index contributed by atoms with van der Waals surface area (Å²) in [6, 6.07) is 13.4. The van der Waals surface area contributed by atoms with E-state index >= 15 is 0 Å². The van der Waals surface area contributed by atoms with E-state index in [0.717, 1.165) is 17.7 Å². The topological polar surface area (TPSA) is 54.4 Å². The first-order valence-corrected chi connectivity index (χ1v) is 7.06. The fourth-order valence-corrected chi connectivity index (χ4v) is 2.26. The second-order valence-corrected chi connectivity index (χ2v) is 5.38. The molecule has 1 aromatic carbocycles. The molecule has 2 heterocycles. The van der Waals surface area contributed by atoms with Gasteiger partial charge in [0.25, 0.3) is 5.91 Å². The minimum Gasteiger partial charge on any atom is -0.321 e. The van der Waals surface area contributed by atoms with Crippen molar-refractivity contribution in [2.24, 2.45) is 4.99 Å². The molecule has 2 aromatic rings. The highest BCUT2D eigenvalue weighted by Crippen LogP contribution is 2.16. The molecule has 20 heavy (non-hydrogen) atoms. The molecular weight excluding hydrogens is 318 g/mol. The molecule has 3 rings (SSSR count). The van der Waals surface area contributed by atoms with Gasteiger partial charge in [0.05, 0.1) is 6.04 Å². The fraction of sp³-hybridized carbons (Fsp3) is 0.133. The molecule has 1 atom stereocenters. The van der Waals surface area contributed by atoms with Crippen LogP contribution >= 0.6 is 15.9 Å². The standard InChI is InChI=1S/C15H12BrN3O/c16-14-6-2-5-13(19-14)15(20)18-11-4-1-3-10(7-11)8-12-9-17-12/h1-7,9,12H,8H2,(H,18,20). The number of anilines is 1. The summed E-state index contributed by atoms with van der Waals surface area (Å²) in [5.41, 5.74) is 2.32. The maximum absolute atomic E-state index is 12.1. The minimum atomic E-state index is -0.217. The molecule has 1 aliphatic rings. The zero-order chi connectivity index (χ0) is 13.9. The minimum absolute atomic E-state index is 0.217. The quantitative estimate of drug-likeness (QED) is 0.876. The van der Waals surface area contributed by atoms with E-state index in [1.165, 1.54) is 0 Å². The Hall–Kier alpha value is -2.01. The van der Waals surface area contributed by atoms with Crippen molar-refractivity contribution in [1.82, 2.24) is 4.98 Å². The smallest absolute Gasteiger partial charge is 0.274 e. The summed E-state index contributed by atoms with van der Waals surface area (Å²) in [5, 5.41) is 2.86. The lowest BCUT2D eigenvalue weighted by Gasteiger charge is -2.07. The van der Waals surface area contributed by atoms with Gasteiger partial charge in [-0.15, -0.1) is 0 Å². The van der Waals surface area contributed by atoms with Crippen LogP contribution in [0.15, 0.2) is 52.1 Å². The number of aliphatic imine (C=N–C) groups is 1. The number of rotatable bonds is 4. The maximum atomic E-state index is 12.1. The van der Waals surface area contributed by atoms with Crippen LogP contribution < -0.4 is 5.32 Å². The first-order chi connectivity index (χ1) is 9.70. The average Bonchev–Trinajstić information content (AvgIpc) is 3.23. The number of nitrogens with one attached hydrogen (secondary N) is 1. The highest BCUT2D eigenvalue weighted by Gasteiger charge is 2.14. The monoisotopic (exact) mass is 329 g/mol. The van der Waals surface area contributed by atoms with E-state index < -0.39 is 0 Å². The predicted octanol–water partition coefficient (Wildman–Crippen LogP) is 3.09. The van der Waals surface area contributed by atoms with Crippen molar-refractivity contribution >= 4 is 33.7 Å². The highest BCUT2D eigenvalue weighted by atomic mass is 79.9. The number of pyridine rings is 1. The normalized spacial score (nSPS) is 15.9. The largest absolute Gasteiger partial charge is 0.321 e. The number of carbonyl (C=O) groups is 1. The summed E-state index contributed by atoms with van der Waals surface area (Å²) in [4.78, 5) is 20.3. The molecule has 0 saturated carbocycles. The third-order valence-corrected chi connectivity index (χ3v) is 3.38. The van der Waals surface area contributed by atoms with Gasteiger partial charge < -0.3 is 5.32 Å². The molecule has 1 unspecified atom stereocenters. The number of aromatic nitrogens is 1. The van der Waals surface area contributed by atoms with Crippen molar-refractivity contribution in [1.29, 1.82) is 0 Å². The Morgan fingerprint density at radius 3 is 2.80 bits per heavy atom. The number of halogens is 1. The van der Waals surface area contributed by atoms with Crippen LogP contribution in [0.3, 0.4) is 0 Å². The molecular formula is C15H12BrN3O. The second kappa shape index (κ2) is 5.54. The van der Waals surface area contributed by atoms with Crippen LogP contribution in [0, 0.1) is 0 Å². The van der Waals surface area contributed by atoms with Gasteiger partial charge in [0.1, 0.15) is 10.3 Å². The van der Waals surface area contributed by atoms with Gasteiger partial charge in [0.2, 0.25) is 0 Å². The molecule has 1 aliphatic heterocycles. The Morgan fingerprint density at radius 2 is 2.05 bits per heavy atom. The molecule has 5 heteroatoms. The first kappa shape index (κ1) is 13.0. The second-order valence-electron chi connectivity index (χ2n) is 4.57. The highest BCUT2D eigenvalue weighted by molar-refractivity contribution is 9.10. The van der Waals surface area contributed by atoms with Crippen molar-refractivity contribution in [2.45, 2.75) is 12.5 Å². The van der Waals surface area contributed by atoms with Gasteiger partial charge in [0.15, 0.2) is 0 Å². The van der Waals surface area contributed by atoms with Crippen LogP contribution in [0.1, 0.15) is 16.1 Å². The van der Waals surface area contributed by atoms with Gasteiger partial charge in [0, 0.05) is 11.9 Å². The van der Waals surface area contributed by atoms with Crippen LogP contribution in [0.2, 0.25) is 0 Å². The van der Waals surface area contributed by atoms with Gasteiger partial charge in [-0.05, 0) is 52.2 Å². The molecule has 4 nitrogen and oxygen atoms in total. The number of hydrogen-bond donors (Lipinski definition) is 1. The van der Waals surface area contributed by atoms with E-state index in [1.807, 2.05) is 30.5 Å². The van der Waals surface area contributed by atoms with Crippen molar-refractivity contribution in [2.75, 3.05) is 5.32 Å². The van der Waals surface area contributed by atoms with Crippen LogP contribution in [0.5, 0.6) is 0 Å². The molecule has 1 aromatic heterocycles. The lowest BCUT2D eigenvalue weighted by molar-refractivity contribution is 0.102. The van der Waals surface area contributed by atoms with Crippen molar-refractivity contribution in [3.05, 3.63) is 58.3 Å². The van der Waals surface area contributed by atoms with Crippen LogP contribution in [0.25, 0.3) is 0 Å². The summed E-state index contributed by atoms with van der Waals surface area (Å²) < 4.78 is 0.643. The molecule has 0 bridgehead atoms. The van der Waals surface area contributed by atoms with E-state index in [1.54, 1.807) is 18.2 Å². The summed E-state index contributed by atoms with van der Waals surface area (Å²) in [6.45, 7) is 0. The summed E-state index contributed by atoms with van der Waals surface area (Å²) in [7, 11) is 0. The van der Waals surface area contributed by atoms with Crippen molar-refractivity contribution in [3.63, 3.8) is 0 Å². The third-order valence-electron chi connectivity index (χ3n) is 2.94. The lowest BCUT2D eigenvalue weighted by Crippen LogP contribution is -2.13. The van der Waals surface area contributed by atoms with Crippen molar-refractivity contribution in [3.8, 4) is 0 Å². The SMILES string of the molecule is O=C(Nc1cccc(CC2C=N2)c1)c1cccc(Br)n1. The van der Waals surface area contributed by atoms with Gasteiger partial charge in [-0.2, -0.15) is 0 Å². The van der Waals surface area contributed by atoms with Crippen LogP contribution in [-0.4, -0.2) is 23.1 Å². The van der Waals surface area contributed by atoms with Gasteiger partial charge in [-0.1, -0.05) is 18.2 Å².